The first-order chi connectivity index (χ1) is 15.0. The van der Waals surface area contributed by atoms with Crippen molar-refractivity contribution in [2.45, 2.75) is 31.8 Å². The van der Waals surface area contributed by atoms with Crippen molar-refractivity contribution in [3.63, 3.8) is 0 Å². The quantitative estimate of drug-likeness (QED) is 0.609. The maximum absolute atomic E-state index is 13.0. The first kappa shape index (κ1) is 20.5. The molecule has 1 atom stereocenters. The van der Waals surface area contributed by atoms with Crippen LogP contribution in [0.15, 0.2) is 57.7 Å². The lowest BCUT2D eigenvalue weighted by Gasteiger charge is -2.26. The molecular formula is C22H20FN3O5. The first-order valence-electron chi connectivity index (χ1n) is 9.86. The van der Waals surface area contributed by atoms with Crippen LogP contribution in [-0.2, 0) is 27.3 Å². The number of aryl methyl sites for hydroxylation is 1. The minimum atomic E-state index is -0.862. The molecule has 0 radical (unpaired) electrons. The Balaban J connectivity index is 1.31. The number of hydrogen-bond donors (Lipinski definition) is 1. The van der Waals surface area contributed by atoms with Gasteiger partial charge in [-0.2, -0.15) is 4.68 Å². The number of aromatic nitrogens is 2. The van der Waals surface area contributed by atoms with Gasteiger partial charge >= 0.3 is 11.7 Å². The summed E-state index contributed by atoms with van der Waals surface area (Å²) < 4.78 is 23.8. The van der Waals surface area contributed by atoms with E-state index in [2.05, 4.69) is 10.4 Å². The van der Waals surface area contributed by atoms with Gasteiger partial charge in [-0.1, -0.05) is 24.3 Å². The van der Waals surface area contributed by atoms with Crippen molar-refractivity contribution in [3.8, 4) is 11.5 Å². The maximum atomic E-state index is 13.0. The summed E-state index contributed by atoms with van der Waals surface area (Å²) in [5.41, 5.74) is 2.67. The molecule has 2 aromatic carbocycles. The lowest BCUT2D eigenvalue weighted by atomic mass is 9.88. The molecule has 8 nitrogen and oxygen atoms in total. The summed E-state index contributed by atoms with van der Waals surface area (Å²) in [5, 5.41) is 6.80. The zero-order valence-corrected chi connectivity index (χ0v) is 16.5. The SMILES string of the molecule is O=C(COC(=O)Cn1nc(-c2ccc(F)cc2)oc1=O)NC1CCCc2ccccc21. The minimum absolute atomic E-state index is 0.0495. The number of hydrogen-bond acceptors (Lipinski definition) is 6. The van der Waals surface area contributed by atoms with E-state index in [-0.39, 0.29) is 11.9 Å². The molecule has 1 amide bonds. The van der Waals surface area contributed by atoms with Gasteiger partial charge in [-0.15, -0.1) is 5.10 Å². The van der Waals surface area contributed by atoms with E-state index in [0.717, 1.165) is 29.5 Å². The number of benzene rings is 2. The van der Waals surface area contributed by atoms with Crippen molar-refractivity contribution < 1.29 is 23.1 Å². The van der Waals surface area contributed by atoms with E-state index >= 15 is 0 Å². The lowest BCUT2D eigenvalue weighted by Crippen LogP contribution is -2.35. The van der Waals surface area contributed by atoms with Crippen LogP contribution in [0.25, 0.3) is 11.5 Å². The number of esters is 1. The van der Waals surface area contributed by atoms with Gasteiger partial charge in [-0.25, -0.2) is 9.18 Å². The highest BCUT2D eigenvalue weighted by Crippen LogP contribution is 2.29. The number of nitrogens with one attached hydrogen (secondary N) is 1. The number of halogens is 1. The summed E-state index contributed by atoms with van der Waals surface area (Å²) in [5.74, 6) is -2.58. The number of fused-ring (bicyclic) bond motifs is 1. The van der Waals surface area contributed by atoms with E-state index in [1.807, 2.05) is 24.3 Å². The van der Waals surface area contributed by atoms with Crippen molar-refractivity contribution in [2.24, 2.45) is 0 Å². The summed E-state index contributed by atoms with van der Waals surface area (Å²) in [6.45, 7) is -0.974. The molecule has 0 bridgehead atoms. The number of amides is 1. The second-order valence-electron chi connectivity index (χ2n) is 7.21. The highest BCUT2D eigenvalue weighted by Gasteiger charge is 2.22. The predicted molar refractivity (Wildman–Crippen MR) is 107 cm³/mol. The third-order valence-corrected chi connectivity index (χ3v) is 5.05. The molecule has 0 saturated heterocycles. The van der Waals surface area contributed by atoms with Gasteiger partial charge in [-0.05, 0) is 54.7 Å². The van der Waals surface area contributed by atoms with E-state index in [0.29, 0.717) is 5.56 Å². The highest BCUT2D eigenvalue weighted by atomic mass is 19.1. The third-order valence-electron chi connectivity index (χ3n) is 5.05. The topological polar surface area (TPSA) is 103 Å². The molecule has 0 saturated carbocycles. The van der Waals surface area contributed by atoms with Crippen LogP contribution in [0.5, 0.6) is 0 Å². The van der Waals surface area contributed by atoms with Crippen LogP contribution < -0.4 is 11.1 Å². The normalized spacial score (nSPS) is 15.2. The Kier molecular flexibility index (Phi) is 5.92. The fourth-order valence-corrected chi connectivity index (χ4v) is 3.57. The zero-order valence-electron chi connectivity index (χ0n) is 16.5. The smallest absolute Gasteiger partial charge is 0.437 e. The number of nitrogens with zero attached hydrogens (tertiary/aromatic N) is 2. The molecular weight excluding hydrogens is 405 g/mol. The van der Waals surface area contributed by atoms with Gasteiger partial charge in [0.05, 0.1) is 6.04 Å². The lowest BCUT2D eigenvalue weighted by molar-refractivity contribution is -0.149. The fourth-order valence-electron chi connectivity index (χ4n) is 3.57. The second-order valence-corrected chi connectivity index (χ2v) is 7.21. The molecule has 1 N–H and O–H groups in total. The summed E-state index contributed by atoms with van der Waals surface area (Å²) >= 11 is 0. The molecule has 1 aromatic heterocycles. The summed E-state index contributed by atoms with van der Waals surface area (Å²) in [6.07, 6.45) is 2.76. The van der Waals surface area contributed by atoms with E-state index in [4.69, 9.17) is 9.15 Å². The Morgan fingerprint density at radius 2 is 1.97 bits per heavy atom. The molecule has 3 aromatic rings. The molecule has 0 spiro atoms. The first-order valence-corrected chi connectivity index (χ1v) is 9.86. The van der Waals surface area contributed by atoms with Gasteiger partial charge < -0.3 is 14.5 Å². The number of carbonyl (C=O) groups is 2. The fraction of sp³-hybridized carbons (Fsp3) is 0.273. The van der Waals surface area contributed by atoms with Gasteiger partial charge in [0.15, 0.2) is 6.61 Å². The van der Waals surface area contributed by atoms with Crippen LogP contribution in [0.4, 0.5) is 4.39 Å². The molecule has 1 aliphatic rings. The highest BCUT2D eigenvalue weighted by molar-refractivity contribution is 5.80. The van der Waals surface area contributed by atoms with E-state index in [1.165, 1.54) is 29.8 Å². The standard InChI is InChI=1S/C22H20FN3O5/c23-16-10-8-15(9-11-16)21-25-26(22(29)31-21)12-20(28)30-13-19(27)24-18-7-3-5-14-4-1-2-6-17(14)18/h1-2,4,6,8-11,18H,3,5,7,12-13H2,(H,24,27). The molecule has 1 aliphatic carbocycles. The molecule has 9 heteroatoms. The van der Waals surface area contributed by atoms with Gasteiger partial charge in [0.2, 0.25) is 5.89 Å². The van der Waals surface area contributed by atoms with Gasteiger partial charge in [0.25, 0.3) is 5.91 Å². The average Bonchev–Trinajstić information content (AvgIpc) is 3.13. The molecule has 1 heterocycles. The minimum Gasteiger partial charge on any atom is -0.454 e. The molecule has 1 unspecified atom stereocenters. The van der Waals surface area contributed by atoms with Crippen LogP contribution in [0.3, 0.4) is 0 Å². The Morgan fingerprint density at radius 1 is 1.19 bits per heavy atom. The number of ether oxygens (including phenoxy) is 1. The zero-order chi connectivity index (χ0) is 21.8. The summed E-state index contributed by atoms with van der Waals surface area (Å²) in [4.78, 5) is 36.2. The van der Waals surface area contributed by atoms with Crippen molar-refractivity contribution in [1.29, 1.82) is 0 Å². The molecule has 160 valence electrons. The predicted octanol–water partition coefficient (Wildman–Crippen LogP) is 2.38. The molecule has 0 aliphatic heterocycles. The third kappa shape index (κ3) is 4.88. The Bertz CT molecular complexity index is 1150. The van der Waals surface area contributed by atoms with Crippen molar-refractivity contribution in [2.75, 3.05) is 6.61 Å². The van der Waals surface area contributed by atoms with E-state index in [1.54, 1.807) is 0 Å². The largest absolute Gasteiger partial charge is 0.454 e. The van der Waals surface area contributed by atoms with Gasteiger partial charge in [0, 0.05) is 5.56 Å². The van der Waals surface area contributed by atoms with Crippen LogP contribution in [0, 0.1) is 5.82 Å². The van der Waals surface area contributed by atoms with Crippen LogP contribution >= 0.6 is 0 Å². The number of carbonyl (C=O) groups excluding carboxylic acids is 2. The van der Waals surface area contributed by atoms with Crippen molar-refractivity contribution >= 4 is 11.9 Å². The Hall–Kier alpha value is -3.75. The molecule has 4 rings (SSSR count). The maximum Gasteiger partial charge on any atom is 0.437 e. The molecule has 0 fully saturated rings. The van der Waals surface area contributed by atoms with Crippen LogP contribution in [0.1, 0.15) is 30.0 Å². The van der Waals surface area contributed by atoms with Crippen LogP contribution in [0.2, 0.25) is 0 Å². The second kappa shape index (κ2) is 8.95. The van der Waals surface area contributed by atoms with Crippen molar-refractivity contribution in [3.05, 3.63) is 76.0 Å². The summed E-state index contributed by atoms with van der Waals surface area (Å²) in [7, 11) is 0. The van der Waals surface area contributed by atoms with Gasteiger partial charge in [-0.3, -0.25) is 9.59 Å². The Labute approximate surface area is 176 Å². The monoisotopic (exact) mass is 425 g/mol. The average molecular weight is 425 g/mol. The van der Waals surface area contributed by atoms with Crippen LogP contribution in [-0.4, -0.2) is 28.3 Å². The Morgan fingerprint density at radius 3 is 2.77 bits per heavy atom. The van der Waals surface area contributed by atoms with Crippen molar-refractivity contribution in [1.82, 2.24) is 15.1 Å². The number of rotatable bonds is 6. The molecule has 31 heavy (non-hydrogen) atoms. The summed E-state index contributed by atoms with van der Waals surface area (Å²) in [6, 6.07) is 13.0. The van der Waals surface area contributed by atoms with E-state index < -0.39 is 36.6 Å². The van der Waals surface area contributed by atoms with E-state index in [9.17, 15) is 18.8 Å². The van der Waals surface area contributed by atoms with Gasteiger partial charge in [0.1, 0.15) is 12.4 Å².